The van der Waals surface area contributed by atoms with Gasteiger partial charge in [0.15, 0.2) is 5.11 Å². The van der Waals surface area contributed by atoms with Gasteiger partial charge in [0.2, 0.25) is 5.69 Å². The minimum atomic E-state index is -0.892. The molecule has 3 aromatic rings. The van der Waals surface area contributed by atoms with E-state index in [4.69, 9.17) is 23.5 Å². The molecule has 0 radical (unpaired) electrons. The summed E-state index contributed by atoms with van der Waals surface area (Å²) in [5, 5.41) is 3.49. The van der Waals surface area contributed by atoms with E-state index < -0.39 is 5.54 Å². The Hall–Kier alpha value is -3.35. The van der Waals surface area contributed by atoms with Crippen LogP contribution in [-0.4, -0.2) is 33.6 Å². The Bertz CT molecular complexity index is 1220. The van der Waals surface area contributed by atoms with Gasteiger partial charge < -0.3 is 9.64 Å². The van der Waals surface area contributed by atoms with Gasteiger partial charge in [-0.05, 0) is 69.6 Å². The van der Waals surface area contributed by atoms with Crippen LogP contribution in [0.3, 0.4) is 0 Å². The lowest BCUT2D eigenvalue weighted by atomic mass is 10.0. The molecule has 33 heavy (non-hydrogen) atoms. The van der Waals surface area contributed by atoms with Crippen molar-refractivity contribution in [2.75, 3.05) is 16.9 Å². The highest BCUT2D eigenvalue weighted by molar-refractivity contribution is 7.81. The van der Waals surface area contributed by atoms with Gasteiger partial charge in [-0.15, -0.1) is 11.3 Å². The van der Waals surface area contributed by atoms with E-state index in [0.717, 1.165) is 35.7 Å². The summed E-state index contributed by atoms with van der Waals surface area (Å²) in [7, 11) is 1.50. The second-order valence-electron chi connectivity index (χ2n) is 8.07. The molecule has 1 amide bonds. The molecule has 1 aromatic carbocycles. The first-order valence-corrected chi connectivity index (χ1v) is 11.7. The topological polar surface area (TPSA) is 62.9 Å². The number of thiocarbonyl (C=S) groups is 1. The Kier molecular flexibility index (Phi) is 6.40. The number of anilines is 2. The third-order valence-electron chi connectivity index (χ3n) is 5.58. The SMILES string of the molecule is [C-]#[N+]c1ccc(N2C(=O)C(C)(C)N(c3ccc(CCCc4nccs4)nc3)C2=S)cc1OC. The van der Waals surface area contributed by atoms with E-state index in [0.29, 0.717) is 22.2 Å². The highest BCUT2D eigenvalue weighted by Crippen LogP contribution is 2.39. The molecule has 168 valence electrons. The highest BCUT2D eigenvalue weighted by atomic mass is 32.1. The number of carbonyl (C=O) groups is 1. The van der Waals surface area contributed by atoms with Gasteiger partial charge in [0.25, 0.3) is 5.91 Å². The molecule has 0 saturated carbocycles. The van der Waals surface area contributed by atoms with Crippen molar-refractivity contribution in [3.8, 4) is 5.75 Å². The lowest BCUT2D eigenvalue weighted by Gasteiger charge is -2.29. The van der Waals surface area contributed by atoms with Crippen LogP contribution in [0.5, 0.6) is 5.75 Å². The molecule has 4 rings (SSSR count). The number of nitrogens with zero attached hydrogens (tertiary/aromatic N) is 5. The third-order valence-corrected chi connectivity index (χ3v) is 6.79. The molecular weight excluding hydrogens is 454 g/mol. The largest absolute Gasteiger partial charge is 0.508 e. The van der Waals surface area contributed by atoms with E-state index in [2.05, 4.69) is 14.8 Å². The maximum absolute atomic E-state index is 13.4. The van der Waals surface area contributed by atoms with Gasteiger partial charge in [0.1, 0.15) is 11.3 Å². The van der Waals surface area contributed by atoms with E-state index in [1.165, 1.54) is 12.0 Å². The summed E-state index contributed by atoms with van der Waals surface area (Å²) in [6.07, 6.45) is 6.36. The van der Waals surface area contributed by atoms with Gasteiger partial charge >= 0.3 is 0 Å². The smallest absolute Gasteiger partial charge is 0.259 e. The number of ether oxygens (including phenoxy) is 1. The van der Waals surface area contributed by atoms with E-state index in [1.807, 2.05) is 42.5 Å². The molecule has 0 bridgehead atoms. The number of carbonyl (C=O) groups excluding carboxylic acids is 1. The Balaban J connectivity index is 1.55. The fourth-order valence-corrected chi connectivity index (χ4v) is 5.03. The van der Waals surface area contributed by atoms with Crippen molar-refractivity contribution < 1.29 is 9.53 Å². The van der Waals surface area contributed by atoms with Crippen molar-refractivity contribution >= 4 is 51.6 Å². The molecule has 1 aliphatic heterocycles. The number of rotatable bonds is 7. The minimum Gasteiger partial charge on any atom is -0.508 e. The molecule has 0 N–H and O–H groups in total. The average Bonchev–Trinajstić information content (AvgIpc) is 3.39. The summed E-state index contributed by atoms with van der Waals surface area (Å²) in [6, 6.07) is 8.95. The first-order valence-electron chi connectivity index (χ1n) is 10.4. The number of pyridine rings is 1. The predicted molar refractivity (Wildman–Crippen MR) is 134 cm³/mol. The van der Waals surface area contributed by atoms with E-state index in [9.17, 15) is 4.79 Å². The maximum atomic E-state index is 13.4. The van der Waals surface area contributed by atoms with Crippen molar-refractivity contribution in [1.82, 2.24) is 9.97 Å². The number of hydrogen-bond acceptors (Lipinski definition) is 6. The molecule has 1 saturated heterocycles. The number of aromatic nitrogens is 2. The molecule has 1 fully saturated rings. The molecule has 2 aromatic heterocycles. The normalized spacial score (nSPS) is 15.1. The fraction of sp³-hybridized carbons (Fsp3) is 0.292. The maximum Gasteiger partial charge on any atom is 0.259 e. The molecule has 0 spiro atoms. The zero-order valence-corrected chi connectivity index (χ0v) is 20.2. The summed E-state index contributed by atoms with van der Waals surface area (Å²) >= 11 is 7.41. The second kappa shape index (κ2) is 9.25. The second-order valence-corrected chi connectivity index (χ2v) is 9.42. The molecule has 7 nitrogen and oxygen atoms in total. The van der Waals surface area contributed by atoms with E-state index >= 15 is 0 Å². The van der Waals surface area contributed by atoms with Crippen LogP contribution in [-0.2, 0) is 17.6 Å². The van der Waals surface area contributed by atoms with E-state index in [-0.39, 0.29) is 5.91 Å². The van der Waals surface area contributed by atoms with Crippen molar-refractivity contribution in [3.63, 3.8) is 0 Å². The lowest BCUT2D eigenvalue weighted by Crippen LogP contribution is -2.44. The minimum absolute atomic E-state index is 0.155. The standard InChI is InChI=1S/C24H23N5O2S2/c1-24(2)22(30)28(17-10-11-19(25-3)20(14-17)31-4)23(32)29(24)18-9-8-16(27-15-18)6-5-7-21-26-12-13-33-21/h8-15H,5-7H2,1-2,4H3. The number of hydrogen-bond donors (Lipinski definition) is 0. The van der Waals surface area contributed by atoms with Crippen LogP contribution in [0.25, 0.3) is 4.85 Å². The zero-order chi connectivity index (χ0) is 23.6. The molecule has 1 aliphatic rings. The lowest BCUT2D eigenvalue weighted by molar-refractivity contribution is -0.120. The van der Waals surface area contributed by atoms with Crippen LogP contribution in [0.2, 0.25) is 0 Å². The fourth-order valence-electron chi connectivity index (χ4n) is 3.85. The van der Waals surface area contributed by atoms with E-state index in [1.54, 1.807) is 35.7 Å². The molecule has 0 aliphatic carbocycles. The van der Waals surface area contributed by atoms with Gasteiger partial charge in [-0.25, -0.2) is 9.83 Å². The van der Waals surface area contributed by atoms with Crippen LogP contribution < -0.4 is 14.5 Å². The number of methoxy groups -OCH3 is 1. The van der Waals surface area contributed by atoms with Crippen LogP contribution >= 0.6 is 23.6 Å². The van der Waals surface area contributed by atoms with Gasteiger partial charge in [-0.3, -0.25) is 14.7 Å². The Morgan fingerprint density at radius 3 is 2.61 bits per heavy atom. The molecule has 3 heterocycles. The van der Waals surface area contributed by atoms with Gasteiger partial charge in [0, 0.05) is 17.3 Å². The molecular formula is C24H23N5O2S2. The van der Waals surface area contributed by atoms with Gasteiger partial charge in [-0.2, -0.15) is 0 Å². The Labute approximate surface area is 202 Å². The first-order chi connectivity index (χ1) is 15.9. The summed E-state index contributed by atoms with van der Waals surface area (Å²) < 4.78 is 5.32. The van der Waals surface area contributed by atoms with Gasteiger partial charge in [0.05, 0.1) is 36.3 Å². The summed E-state index contributed by atoms with van der Waals surface area (Å²) in [4.78, 5) is 29.1. The Morgan fingerprint density at radius 1 is 1.18 bits per heavy atom. The van der Waals surface area contributed by atoms with Crippen molar-refractivity contribution in [1.29, 1.82) is 0 Å². The van der Waals surface area contributed by atoms with Crippen LogP contribution in [0.1, 0.15) is 31.0 Å². The first kappa shape index (κ1) is 22.8. The Morgan fingerprint density at radius 2 is 1.97 bits per heavy atom. The number of aryl methyl sites for hydroxylation is 2. The average molecular weight is 478 g/mol. The number of benzene rings is 1. The quantitative estimate of drug-likeness (QED) is 0.345. The van der Waals surface area contributed by atoms with Crippen molar-refractivity contribution in [2.45, 2.75) is 38.6 Å². The molecule has 0 unspecified atom stereocenters. The molecule has 0 atom stereocenters. The number of amides is 1. The summed E-state index contributed by atoms with van der Waals surface area (Å²) in [5.74, 6) is 0.246. The third kappa shape index (κ3) is 4.32. The predicted octanol–water partition coefficient (Wildman–Crippen LogP) is 5.19. The van der Waals surface area contributed by atoms with Crippen LogP contribution in [0.15, 0.2) is 48.1 Å². The van der Waals surface area contributed by atoms with Crippen molar-refractivity contribution in [3.05, 3.63) is 70.2 Å². The number of thiazole rings is 1. The monoisotopic (exact) mass is 477 g/mol. The van der Waals surface area contributed by atoms with Gasteiger partial charge in [-0.1, -0.05) is 6.07 Å². The van der Waals surface area contributed by atoms with Crippen molar-refractivity contribution in [2.24, 2.45) is 0 Å². The van der Waals surface area contributed by atoms with Crippen LogP contribution in [0, 0.1) is 6.57 Å². The van der Waals surface area contributed by atoms with Crippen LogP contribution in [0.4, 0.5) is 17.1 Å². The summed E-state index contributed by atoms with van der Waals surface area (Å²) in [6.45, 7) is 11.0. The summed E-state index contributed by atoms with van der Waals surface area (Å²) in [5.41, 5.74) is 1.80. The highest BCUT2D eigenvalue weighted by Gasteiger charge is 2.50. The zero-order valence-electron chi connectivity index (χ0n) is 18.6. The molecule has 9 heteroatoms.